The van der Waals surface area contributed by atoms with Gasteiger partial charge in [0, 0.05) is 29.9 Å². The van der Waals surface area contributed by atoms with Crippen molar-refractivity contribution in [3.63, 3.8) is 0 Å². The quantitative estimate of drug-likeness (QED) is 0.619. The third-order valence-corrected chi connectivity index (χ3v) is 5.86. The molecule has 2 aromatic carbocycles. The van der Waals surface area contributed by atoms with Crippen molar-refractivity contribution in [1.82, 2.24) is 15.3 Å². The first-order chi connectivity index (χ1) is 16.5. The van der Waals surface area contributed by atoms with Crippen LogP contribution in [0.15, 0.2) is 59.8 Å². The molecule has 176 valence electrons. The number of ether oxygens (including phenoxy) is 3. The Morgan fingerprint density at radius 3 is 2.29 bits per heavy atom. The number of urea groups is 1. The third kappa shape index (κ3) is 4.26. The van der Waals surface area contributed by atoms with Crippen LogP contribution in [0.25, 0.3) is 11.1 Å². The fraction of sp³-hybridized carbons (Fsp3) is 0.269. The minimum Gasteiger partial charge on any atom is -0.493 e. The van der Waals surface area contributed by atoms with Crippen LogP contribution in [0.4, 0.5) is 4.79 Å². The number of nitrogens with zero attached hydrogens (tertiary/aromatic N) is 3. The fourth-order valence-corrected chi connectivity index (χ4v) is 4.13. The number of fused-ring (bicyclic) bond motifs is 1. The average Bonchev–Trinajstić information content (AvgIpc) is 3.02. The second-order valence-corrected chi connectivity index (χ2v) is 7.90. The predicted molar refractivity (Wildman–Crippen MR) is 131 cm³/mol. The number of aromatic nitrogens is 1. The van der Waals surface area contributed by atoms with E-state index in [9.17, 15) is 4.79 Å². The summed E-state index contributed by atoms with van der Waals surface area (Å²) in [4.78, 5) is 16.9. The van der Waals surface area contributed by atoms with Crippen molar-refractivity contribution < 1.29 is 19.0 Å². The van der Waals surface area contributed by atoms with Crippen LogP contribution >= 0.6 is 0 Å². The zero-order chi connectivity index (χ0) is 24.2. The Hall–Kier alpha value is -4.07. The maximum Gasteiger partial charge on any atom is 0.337 e. The van der Waals surface area contributed by atoms with Crippen molar-refractivity contribution >= 4 is 11.7 Å². The maximum absolute atomic E-state index is 12.7. The molecule has 8 heteroatoms. The van der Waals surface area contributed by atoms with Gasteiger partial charge in [-0.05, 0) is 48.7 Å². The Bertz CT molecular complexity index is 1220. The molecule has 1 N–H and O–H groups in total. The predicted octanol–water partition coefficient (Wildman–Crippen LogP) is 4.11. The molecule has 34 heavy (non-hydrogen) atoms. The number of methoxy groups -OCH3 is 3. The second kappa shape index (κ2) is 9.82. The lowest BCUT2D eigenvalue weighted by molar-refractivity contribution is 0.184. The smallest absolute Gasteiger partial charge is 0.337 e. The summed E-state index contributed by atoms with van der Waals surface area (Å²) < 4.78 is 16.5. The number of nitrogens with one attached hydrogen (secondary N) is 1. The molecule has 0 saturated carbocycles. The molecule has 0 aliphatic carbocycles. The standard InChI is InChI=1S/C26H28N4O4/c1-16-13-19-14-22(32-3)23(33-4)15-21(19)24(29-30(16)26(31)27-2)18-10-8-17(9-11-18)20-7-6-12-28-25(20)34-5/h6-12,14-16H,13H2,1-5H3,(H,27,31). The van der Waals surface area contributed by atoms with E-state index in [0.717, 1.165) is 27.8 Å². The molecule has 1 unspecified atom stereocenters. The number of amides is 2. The molecule has 0 saturated heterocycles. The van der Waals surface area contributed by atoms with Gasteiger partial charge in [-0.25, -0.2) is 14.8 Å². The van der Waals surface area contributed by atoms with Crippen molar-refractivity contribution in [2.45, 2.75) is 19.4 Å². The summed E-state index contributed by atoms with van der Waals surface area (Å²) in [6, 6.07) is 15.3. The molecule has 3 aromatic rings. The highest BCUT2D eigenvalue weighted by Gasteiger charge is 2.28. The molecule has 4 rings (SSSR count). The molecule has 2 amide bonds. The minimum atomic E-state index is -0.270. The Morgan fingerprint density at radius 2 is 1.65 bits per heavy atom. The van der Waals surface area contributed by atoms with E-state index in [-0.39, 0.29) is 12.1 Å². The number of carbonyl (C=O) groups excluding carboxylic acids is 1. The normalized spacial score (nSPS) is 15.0. The fourth-order valence-electron chi connectivity index (χ4n) is 4.13. The molecule has 0 fully saturated rings. The first-order valence-electron chi connectivity index (χ1n) is 10.9. The Balaban J connectivity index is 1.86. The summed E-state index contributed by atoms with van der Waals surface area (Å²) >= 11 is 0. The monoisotopic (exact) mass is 460 g/mol. The van der Waals surface area contributed by atoms with Crippen molar-refractivity contribution in [2.24, 2.45) is 5.10 Å². The van der Waals surface area contributed by atoms with E-state index in [1.54, 1.807) is 34.6 Å². The molecular formula is C26H28N4O4. The number of rotatable bonds is 5. The summed E-state index contributed by atoms with van der Waals surface area (Å²) in [5.41, 5.74) is 5.31. The van der Waals surface area contributed by atoms with Gasteiger partial charge in [-0.15, -0.1) is 0 Å². The highest BCUT2D eigenvalue weighted by atomic mass is 16.5. The number of benzene rings is 2. The summed E-state index contributed by atoms with van der Waals surface area (Å²) in [7, 11) is 6.42. The van der Waals surface area contributed by atoms with E-state index < -0.39 is 0 Å². The van der Waals surface area contributed by atoms with E-state index in [0.29, 0.717) is 29.5 Å². The van der Waals surface area contributed by atoms with E-state index in [4.69, 9.17) is 19.3 Å². The number of carbonyl (C=O) groups is 1. The number of pyridine rings is 1. The topological polar surface area (TPSA) is 85.3 Å². The highest BCUT2D eigenvalue weighted by Crippen LogP contribution is 2.35. The summed E-state index contributed by atoms with van der Waals surface area (Å²) in [6.07, 6.45) is 2.31. The molecule has 8 nitrogen and oxygen atoms in total. The second-order valence-electron chi connectivity index (χ2n) is 7.90. The van der Waals surface area contributed by atoms with E-state index in [1.807, 2.05) is 55.5 Å². The van der Waals surface area contributed by atoms with Crippen LogP contribution in [0.3, 0.4) is 0 Å². The molecule has 2 heterocycles. The van der Waals surface area contributed by atoms with Gasteiger partial charge in [0.15, 0.2) is 11.5 Å². The molecule has 1 aliphatic heterocycles. The van der Waals surface area contributed by atoms with E-state index in [2.05, 4.69) is 10.3 Å². The van der Waals surface area contributed by atoms with Crippen LogP contribution in [-0.4, -0.2) is 56.2 Å². The van der Waals surface area contributed by atoms with Crippen LogP contribution < -0.4 is 19.5 Å². The molecule has 1 aliphatic rings. The van der Waals surface area contributed by atoms with Gasteiger partial charge in [-0.2, -0.15) is 5.10 Å². The Labute approximate surface area is 199 Å². The van der Waals surface area contributed by atoms with Crippen LogP contribution in [-0.2, 0) is 6.42 Å². The lowest BCUT2D eigenvalue weighted by Crippen LogP contribution is -2.41. The van der Waals surface area contributed by atoms with Crippen molar-refractivity contribution in [1.29, 1.82) is 0 Å². The third-order valence-electron chi connectivity index (χ3n) is 5.86. The maximum atomic E-state index is 12.7. The average molecular weight is 461 g/mol. The zero-order valence-corrected chi connectivity index (χ0v) is 20.0. The van der Waals surface area contributed by atoms with Gasteiger partial charge in [0.25, 0.3) is 0 Å². The van der Waals surface area contributed by atoms with E-state index >= 15 is 0 Å². The van der Waals surface area contributed by atoms with Gasteiger partial charge in [0.05, 0.1) is 33.1 Å². The summed E-state index contributed by atoms with van der Waals surface area (Å²) in [5.74, 6) is 1.80. The van der Waals surface area contributed by atoms with Gasteiger partial charge in [-0.3, -0.25) is 0 Å². The van der Waals surface area contributed by atoms with Crippen LogP contribution in [0.1, 0.15) is 23.6 Å². The van der Waals surface area contributed by atoms with Gasteiger partial charge in [-0.1, -0.05) is 24.3 Å². The van der Waals surface area contributed by atoms with Gasteiger partial charge >= 0.3 is 6.03 Å². The molecule has 0 spiro atoms. The zero-order valence-electron chi connectivity index (χ0n) is 20.0. The lowest BCUT2D eigenvalue weighted by Gasteiger charge is -2.22. The number of hydrogen-bond acceptors (Lipinski definition) is 6. The largest absolute Gasteiger partial charge is 0.493 e. The van der Waals surface area contributed by atoms with E-state index in [1.165, 1.54) is 5.01 Å². The van der Waals surface area contributed by atoms with Crippen LogP contribution in [0, 0.1) is 0 Å². The summed E-state index contributed by atoms with van der Waals surface area (Å²) in [5, 5.41) is 8.99. The van der Waals surface area contributed by atoms with Crippen LogP contribution in [0.5, 0.6) is 17.4 Å². The van der Waals surface area contributed by atoms with Gasteiger partial charge in [0.1, 0.15) is 0 Å². The minimum absolute atomic E-state index is 0.159. The van der Waals surface area contributed by atoms with Crippen molar-refractivity contribution in [3.05, 3.63) is 71.4 Å². The molecule has 1 atom stereocenters. The number of hydrogen-bond donors (Lipinski definition) is 1. The molecule has 1 aromatic heterocycles. The Morgan fingerprint density at radius 1 is 0.971 bits per heavy atom. The van der Waals surface area contributed by atoms with Gasteiger partial charge < -0.3 is 19.5 Å². The summed E-state index contributed by atoms with van der Waals surface area (Å²) in [6.45, 7) is 1.97. The molecular weight excluding hydrogens is 432 g/mol. The van der Waals surface area contributed by atoms with Gasteiger partial charge in [0.2, 0.25) is 5.88 Å². The highest BCUT2D eigenvalue weighted by molar-refractivity contribution is 6.14. The van der Waals surface area contributed by atoms with Crippen LogP contribution in [0.2, 0.25) is 0 Å². The first-order valence-corrected chi connectivity index (χ1v) is 10.9. The lowest BCUT2D eigenvalue weighted by atomic mass is 9.93. The first kappa shape index (κ1) is 23.1. The molecule has 0 bridgehead atoms. The van der Waals surface area contributed by atoms with Crippen molar-refractivity contribution in [2.75, 3.05) is 28.4 Å². The Kier molecular flexibility index (Phi) is 6.67. The molecule has 0 radical (unpaired) electrons. The number of hydrazone groups is 1. The van der Waals surface area contributed by atoms with Crippen molar-refractivity contribution in [3.8, 4) is 28.5 Å². The SMILES string of the molecule is CNC(=O)N1N=C(c2ccc(-c3cccnc3OC)cc2)c2cc(OC)c(OC)cc2CC1C.